The van der Waals surface area contributed by atoms with E-state index >= 15 is 0 Å². The fourth-order valence-electron chi connectivity index (χ4n) is 2.03. The largest absolute Gasteiger partial charge is 0.351 e. The Labute approximate surface area is 102 Å². The summed E-state index contributed by atoms with van der Waals surface area (Å²) >= 11 is 0. The molecule has 1 aliphatic carbocycles. The molecule has 0 saturated carbocycles. The predicted molar refractivity (Wildman–Crippen MR) is 68.3 cm³/mol. The maximum absolute atomic E-state index is 12.0. The van der Waals surface area contributed by atoms with Gasteiger partial charge in [0.15, 0.2) is 0 Å². The van der Waals surface area contributed by atoms with Crippen LogP contribution in [-0.4, -0.2) is 11.9 Å². The van der Waals surface area contributed by atoms with Crippen molar-refractivity contribution in [2.45, 2.75) is 31.3 Å². The molecule has 3 heteroatoms. The van der Waals surface area contributed by atoms with Crippen LogP contribution in [0.25, 0.3) is 0 Å². The average Bonchev–Trinajstić information content (AvgIpc) is 2.40. The van der Waals surface area contributed by atoms with Crippen LogP contribution >= 0.6 is 0 Å². The van der Waals surface area contributed by atoms with Gasteiger partial charge in [0.1, 0.15) is 6.04 Å². The third kappa shape index (κ3) is 3.17. The zero-order valence-electron chi connectivity index (χ0n) is 9.80. The summed E-state index contributed by atoms with van der Waals surface area (Å²) in [5, 5.41) is 3.00. The highest BCUT2D eigenvalue weighted by molar-refractivity contribution is 5.83. The fraction of sp³-hybridized carbons (Fsp3) is 0.357. The smallest absolute Gasteiger partial charge is 0.241 e. The molecule has 0 heterocycles. The molecule has 3 nitrogen and oxygen atoms in total. The minimum atomic E-state index is -0.567. The number of hydrogen-bond acceptors (Lipinski definition) is 2. The SMILES string of the molecule is NC(C(=O)NC1CC=CCC1)c1ccccc1. The summed E-state index contributed by atoms with van der Waals surface area (Å²) in [7, 11) is 0. The van der Waals surface area contributed by atoms with Gasteiger partial charge in [-0.25, -0.2) is 0 Å². The van der Waals surface area contributed by atoms with E-state index in [4.69, 9.17) is 5.73 Å². The molecule has 2 unspecified atom stereocenters. The summed E-state index contributed by atoms with van der Waals surface area (Å²) in [6.07, 6.45) is 7.21. The number of allylic oxidation sites excluding steroid dienone is 1. The number of carbonyl (C=O) groups is 1. The molecule has 0 spiro atoms. The second kappa shape index (κ2) is 5.64. The molecular formula is C14H18N2O. The second-order valence-corrected chi connectivity index (χ2v) is 4.38. The Morgan fingerprint density at radius 1 is 1.29 bits per heavy atom. The Morgan fingerprint density at radius 2 is 2.06 bits per heavy atom. The molecule has 0 aromatic heterocycles. The highest BCUT2D eigenvalue weighted by atomic mass is 16.2. The van der Waals surface area contributed by atoms with E-state index in [-0.39, 0.29) is 11.9 Å². The number of rotatable bonds is 3. The normalized spacial score (nSPS) is 20.9. The Hall–Kier alpha value is -1.61. The first-order chi connectivity index (χ1) is 8.27. The summed E-state index contributed by atoms with van der Waals surface area (Å²) < 4.78 is 0. The van der Waals surface area contributed by atoms with E-state index in [1.807, 2.05) is 30.3 Å². The Kier molecular flexibility index (Phi) is 3.94. The Balaban J connectivity index is 1.93. The van der Waals surface area contributed by atoms with E-state index in [0.717, 1.165) is 24.8 Å². The van der Waals surface area contributed by atoms with Crippen molar-refractivity contribution in [1.29, 1.82) is 0 Å². The minimum Gasteiger partial charge on any atom is -0.351 e. The number of benzene rings is 1. The van der Waals surface area contributed by atoms with E-state index in [1.54, 1.807) is 0 Å². The standard InChI is InChI=1S/C14H18N2O/c15-13(11-7-3-1-4-8-11)14(17)16-12-9-5-2-6-10-12/h1-5,7-8,12-13H,6,9-10,15H2,(H,16,17). The van der Waals surface area contributed by atoms with Crippen LogP contribution in [0.4, 0.5) is 0 Å². The average molecular weight is 230 g/mol. The monoisotopic (exact) mass is 230 g/mol. The summed E-state index contributed by atoms with van der Waals surface area (Å²) in [6, 6.07) is 9.14. The summed E-state index contributed by atoms with van der Waals surface area (Å²) in [5.41, 5.74) is 6.78. The van der Waals surface area contributed by atoms with Gasteiger partial charge in [-0.1, -0.05) is 42.5 Å². The van der Waals surface area contributed by atoms with Crippen molar-refractivity contribution in [3.05, 3.63) is 48.0 Å². The molecule has 0 saturated heterocycles. The molecule has 2 rings (SSSR count). The maximum atomic E-state index is 12.0. The molecule has 3 N–H and O–H groups in total. The molecule has 1 aliphatic rings. The van der Waals surface area contributed by atoms with Gasteiger partial charge < -0.3 is 11.1 Å². The Morgan fingerprint density at radius 3 is 2.71 bits per heavy atom. The van der Waals surface area contributed by atoms with E-state index in [1.165, 1.54) is 0 Å². The van der Waals surface area contributed by atoms with Gasteiger partial charge in [0.05, 0.1) is 0 Å². The van der Waals surface area contributed by atoms with Crippen molar-refractivity contribution in [1.82, 2.24) is 5.32 Å². The first kappa shape index (κ1) is 11.9. The predicted octanol–water partition coefficient (Wildman–Crippen LogP) is 1.91. The zero-order valence-corrected chi connectivity index (χ0v) is 9.80. The zero-order chi connectivity index (χ0) is 12.1. The molecule has 17 heavy (non-hydrogen) atoms. The minimum absolute atomic E-state index is 0.0866. The lowest BCUT2D eigenvalue weighted by atomic mass is 10.0. The van der Waals surface area contributed by atoms with Crippen LogP contribution in [0, 0.1) is 0 Å². The highest BCUT2D eigenvalue weighted by Gasteiger charge is 2.19. The van der Waals surface area contributed by atoms with Gasteiger partial charge >= 0.3 is 0 Å². The highest BCUT2D eigenvalue weighted by Crippen LogP contribution is 2.13. The van der Waals surface area contributed by atoms with Crippen molar-refractivity contribution in [2.75, 3.05) is 0 Å². The molecule has 1 aromatic rings. The molecule has 0 bridgehead atoms. The van der Waals surface area contributed by atoms with Crippen LogP contribution in [0.5, 0.6) is 0 Å². The number of nitrogens with two attached hydrogens (primary N) is 1. The van der Waals surface area contributed by atoms with Crippen LogP contribution in [0.15, 0.2) is 42.5 Å². The van der Waals surface area contributed by atoms with Crippen LogP contribution in [0.2, 0.25) is 0 Å². The van der Waals surface area contributed by atoms with Crippen LogP contribution < -0.4 is 11.1 Å². The summed E-state index contributed by atoms with van der Waals surface area (Å²) in [5.74, 6) is -0.0866. The van der Waals surface area contributed by atoms with Gasteiger partial charge in [0, 0.05) is 6.04 Å². The van der Waals surface area contributed by atoms with E-state index in [2.05, 4.69) is 17.5 Å². The molecular weight excluding hydrogens is 212 g/mol. The maximum Gasteiger partial charge on any atom is 0.241 e. The van der Waals surface area contributed by atoms with Crippen LogP contribution in [0.3, 0.4) is 0 Å². The van der Waals surface area contributed by atoms with Crippen LogP contribution in [-0.2, 0) is 4.79 Å². The number of amides is 1. The van der Waals surface area contributed by atoms with Gasteiger partial charge in [-0.15, -0.1) is 0 Å². The van der Waals surface area contributed by atoms with Crippen molar-refractivity contribution in [2.24, 2.45) is 5.73 Å². The first-order valence-electron chi connectivity index (χ1n) is 6.03. The number of carbonyl (C=O) groups excluding carboxylic acids is 1. The van der Waals surface area contributed by atoms with Gasteiger partial charge in [0.25, 0.3) is 0 Å². The molecule has 0 aliphatic heterocycles. The molecule has 2 atom stereocenters. The second-order valence-electron chi connectivity index (χ2n) is 4.38. The van der Waals surface area contributed by atoms with Gasteiger partial charge in [-0.05, 0) is 24.8 Å². The molecule has 90 valence electrons. The van der Waals surface area contributed by atoms with Crippen molar-refractivity contribution in [3.63, 3.8) is 0 Å². The summed E-state index contributed by atoms with van der Waals surface area (Å²) in [4.78, 5) is 12.0. The lowest BCUT2D eigenvalue weighted by molar-refractivity contribution is -0.123. The van der Waals surface area contributed by atoms with Gasteiger partial charge in [0.2, 0.25) is 5.91 Å². The third-order valence-corrected chi connectivity index (χ3v) is 3.06. The lowest BCUT2D eigenvalue weighted by Crippen LogP contribution is -2.41. The quantitative estimate of drug-likeness (QED) is 0.779. The van der Waals surface area contributed by atoms with Gasteiger partial charge in [-0.3, -0.25) is 4.79 Å². The van der Waals surface area contributed by atoms with E-state index < -0.39 is 6.04 Å². The third-order valence-electron chi connectivity index (χ3n) is 3.06. The van der Waals surface area contributed by atoms with E-state index in [0.29, 0.717) is 0 Å². The van der Waals surface area contributed by atoms with Gasteiger partial charge in [-0.2, -0.15) is 0 Å². The number of nitrogens with one attached hydrogen (secondary N) is 1. The van der Waals surface area contributed by atoms with Crippen molar-refractivity contribution < 1.29 is 4.79 Å². The van der Waals surface area contributed by atoms with Crippen LogP contribution in [0.1, 0.15) is 30.9 Å². The molecule has 0 radical (unpaired) electrons. The fourth-order valence-corrected chi connectivity index (χ4v) is 2.03. The first-order valence-corrected chi connectivity index (χ1v) is 6.03. The molecule has 1 amide bonds. The molecule has 0 fully saturated rings. The summed E-state index contributed by atoms with van der Waals surface area (Å²) in [6.45, 7) is 0. The Bertz CT molecular complexity index is 400. The number of hydrogen-bond donors (Lipinski definition) is 2. The lowest BCUT2D eigenvalue weighted by Gasteiger charge is -2.21. The van der Waals surface area contributed by atoms with Crippen molar-refractivity contribution >= 4 is 5.91 Å². The topological polar surface area (TPSA) is 55.1 Å². The van der Waals surface area contributed by atoms with Crippen molar-refractivity contribution in [3.8, 4) is 0 Å². The molecule has 1 aromatic carbocycles. The van der Waals surface area contributed by atoms with E-state index in [9.17, 15) is 4.79 Å².